The van der Waals surface area contributed by atoms with Crippen molar-refractivity contribution in [2.75, 3.05) is 19.5 Å². The first-order valence-corrected chi connectivity index (χ1v) is 6.02. The molecular weight excluding hydrogens is 276 g/mol. The monoisotopic (exact) mass is 290 g/mol. The Morgan fingerprint density at radius 3 is 2.86 bits per heavy atom. The summed E-state index contributed by atoms with van der Waals surface area (Å²) in [5.74, 6) is -0.407. The molecule has 2 heterocycles. The van der Waals surface area contributed by atoms with Crippen molar-refractivity contribution in [2.24, 2.45) is 0 Å². The summed E-state index contributed by atoms with van der Waals surface area (Å²) < 4.78 is 11.0. The number of hydrogen-bond donors (Lipinski definition) is 1. The lowest BCUT2D eigenvalue weighted by atomic mass is 10.2. The predicted octanol–water partition coefficient (Wildman–Crippen LogP) is 0.712. The normalized spacial score (nSPS) is 10.0. The largest absolute Gasteiger partial charge is 0.494 e. The van der Waals surface area contributed by atoms with Gasteiger partial charge in [-0.15, -0.1) is 0 Å². The zero-order valence-electron chi connectivity index (χ0n) is 11.6. The molecule has 0 aliphatic heterocycles. The van der Waals surface area contributed by atoms with Crippen molar-refractivity contribution >= 4 is 17.6 Å². The molecule has 0 aliphatic rings. The Kier molecular flexibility index (Phi) is 4.50. The third kappa shape index (κ3) is 3.56. The van der Waals surface area contributed by atoms with Crippen molar-refractivity contribution < 1.29 is 19.1 Å². The second-order valence-corrected chi connectivity index (χ2v) is 4.03. The van der Waals surface area contributed by atoms with E-state index in [4.69, 9.17) is 4.74 Å². The summed E-state index contributed by atoms with van der Waals surface area (Å²) in [7, 11) is 2.76. The van der Waals surface area contributed by atoms with Gasteiger partial charge in [-0.3, -0.25) is 19.3 Å². The van der Waals surface area contributed by atoms with Crippen molar-refractivity contribution in [2.45, 2.75) is 6.54 Å². The van der Waals surface area contributed by atoms with E-state index in [1.807, 2.05) is 0 Å². The number of nitrogens with zero attached hydrogens (tertiary/aromatic N) is 3. The van der Waals surface area contributed by atoms with Crippen LogP contribution in [0.2, 0.25) is 0 Å². The fourth-order valence-corrected chi connectivity index (χ4v) is 1.64. The maximum Gasteiger partial charge on any atom is 0.327 e. The molecule has 8 nitrogen and oxygen atoms in total. The van der Waals surface area contributed by atoms with E-state index in [0.29, 0.717) is 17.0 Å². The van der Waals surface area contributed by atoms with Gasteiger partial charge in [-0.25, -0.2) is 0 Å². The van der Waals surface area contributed by atoms with Gasteiger partial charge >= 0.3 is 5.97 Å². The van der Waals surface area contributed by atoms with Crippen LogP contribution in [-0.4, -0.2) is 40.9 Å². The van der Waals surface area contributed by atoms with Crippen LogP contribution < -0.4 is 10.1 Å². The van der Waals surface area contributed by atoms with Crippen LogP contribution in [0.5, 0.6) is 5.75 Å². The van der Waals surface area contributed by atoms with Gasteiger partial charge in [-0.05, 0) is 6.07 Å². The zero-order valence-corrected chi connectivity index (χ0v) is 11.6. The fourth-order valence-electron chi connectivity index (χ4n) is 1.64. The Hall–Kier alpha value is -2.90. The SMILES string of the molecule is COC(=O)Cn1cc(NC(=O)c2ccncc2OC)cn1. The third-order valence-electron chi connectivity index (χ3n) is 2.66. The average molecular weight is 290 g/mol. The number of rotatable bonds is 5. The van der Waals surface area contributed by atoms with E-state index >= 15 is 0 Å². The van der Waals surface area contributed by atoms with Crippen LogP contribution in [0.3, 0.4) is 0 Å². The topological polar surface area (TPSA) is 95.3 Å². The molecule has 0 radical (unpaired) electrons. The van der Waals surface area contributed by atoms with Crippen molar-refractivity contribution in [1.29, 1.82) is 0 Å². The molecule has 0 aliphatic carbocycles. The fraction of sp³-hybridized carbons (Fsp3) is 0.231. The highest BCUT2D eigenvalue weighted by Gasteiger charge is 2.13. The number of hydrogen-bond acceptors (Lipinski definition) is 6. The van der Waals surface area contributed by atoms with Crippen LogP contribution in [0.4, 0.5) is 5.69 Å². The van der Waals surface area contributed by atoms with Crippen LogP contribution in [0, 0.1) is 0 Å². The minimum absolute atomic E-state index is 0.0229. The van der Waals surface area contributed by atoms with E-state index in [0.717, 1.165) is 0 Å². The first-order valence-electron chi connectivity index (χ1n) is 6.02. The number of esters is 1. The Balaban J connectivity index is 2.08. The molecule has 1 N–H and O–H groups in total. The van der Waals surface area contributed by atoms with Crippen LogP contribution in [0.1, 0.15) is 10.4 Å². The summed E-state index contributed by atoms with van der Waals surface area (Å²) in [4.78, 5) is 27.1. The molecule has 2 aromatic heterocycles. The van der Waals surface area contributed by atoms with Crippen molar-refractivity contribution in [3.63, 3.8) is 0 Å². The van der Waals surface area contributed by atoms with Gasteiger partial charge in [0.2, 0.25) is 0 Å². The van der Waals surface area contributed by atoms with Gasteiger partial charge in [0.1, 0.15) is 12.3 Å². The lowest BCUT2D eigenvalue weighted by Gasteiger charge is -2.06. The van der Waals surface area contributed by atoms with Gasteiger partial charge in [0.05, 0.1) is 37.9 Å². The van der Waals surface area contributed by atoms with Gasteiger partial charge < -0.3 is 14.8 Å². The molecule has 0 saturated heterocycles. The summed E-state index contributed by atoms with van der Waals surface area (Å²) in [6, 6.07) is 1.55. The molecule has 1 amide bonds. The van der Waals surface area contributed by atoms with Gasteiger partial charge in [0.15, 0.2) is 0 Å². The minimum Gasteiger partial charge on any atom is -0.494 e. The number of methoxy groups -OCH3 is 2. The Labute approximate surface area is 120 Å². The maximum absolute atomic E-state index is 12.1. The second-order valence-electron chi connectivity index (χ2n) is 4.03. The number of pyridine rings is 1. The van der Waals surface area contributed by atoms with E-state index in [1.54, 1.807) is 6.07 Å². The second kappa shape index (κ2) is 6.51. The molecule has 2 aromatic rings. The summed E-state index contributed by atoms with van der Waals surface area (Å²) in [6.07, 6.45) is 5.92. The third-order valence-corrected chi connectivity index (χ3v) is 2.66. The highest BCUT2D eigenvalue weighted by molar-refractivity contribution is 6.05. The van der Waals surface area contributed by atoms with Crippen LogP contribution >= 0.6 is 0 Å². The van der Waals surface area contributed by atoms with E-state index in [2.05, 4.69) is 20.1 Å². The number of carbonyl (C=O) groups excluding carboxylic acids is 2. The summed E-state index contributed by atoms with van der Waals surface area (Å²) in [5, 5.41) is 6.61. The molecule has 21 heavy (non-hydrogen) atoms. The van der Waals surface area contributed by atoms with Gasteiger partial charge in [0, 0.05) is 12.4 Å². The van der Waals surface area contributed by atoms with Crippen molar-refractivity contribution in [3.8, 4) is 5.75 Å². The number of aromatic nitrogens is 3. The molecule has 2 rings (SSSR count). The Morgan fingerprint density at radius 2 is 2.14 bits per heavy atom. The molecule has 0 aromatic carbocycles. The molecule has 0 atom stereocenters. The number of anilines is 1. The summed E-state index contributed by atoms with van der Waals surface area (Å²) in [6.45, 7) is -0.0229. The number of ether oxygens (including phenoxy) is 2. The summed E-state index contributed by atoms with van der Waals surface area (Å²) >= 11 is 0. The molecular formula is C13H14N4O4. The van der Waals surface area contributed by atoms with Gasteiger partial charge in [-0.1, -0.05) is 0 Å². The molecule has 0 bridgehead atoms. The van der Waals surface area contributed by atoms with Crippen molar-refractivity contribution in [3.05, 3.63) is 36.4 Å². The minimum atomic E-state index is -0.424. The lowest BCUT2D eigenvalue weighted by Crippen LogP contribution is -2.13. The first kappa shape index (κ1) is 14.5. The number of amides is 1. The average Bonchev–Trinajstić information content (AvgIpc) is 2.93. The quantitative estimate of drug-likeness (QED) is 0.815. The van der Waals surface area contributed by atoms with Crippen LogP contribution in [0.15, 0.2) is 30.9 Å². The molecule has 0 saturated carbocycles. The standard InChI is InChI=1S/C13H14N4O4/c1-20-11-6-14-4-3-10(11)13(19)16-9-5-15-17(7-9)8-12(18)21-2/h3-7H,8H2,1-2H3,(H,16,19). The van der Waals surface area contributed by atoms with E-state index in [-0.39, 0.29) is 12.5 Å². The van der Waals surface area contributed by atoms with E-state index in [9.17, 15) is 9.59 Å². The molecule has 0 fully saturated rings. The highest BCUT2D eigenvalue weighted by atomic mass is 16.5. The van der Waals surface area contributed by atoms with Gasteiger partial charge in [0.25, 0.3) is 5.91 Å². The lowest BCUT2D eigenvalue weighted by molar-refractivity contribution is -0.141. The van der Waals surface area contributed by atoms with Crippen molar-refractivity contribution in [1.82, 2.24) is 14.8 Å². The zero-order chi connectivity index (χ0) is 15.2. The Bertz CT molecular complexity index is 653. The Morgan fingerprint density at radius 1 is 1.33 bits per heavy atom. The van der Waals surface area contributed by atoms with E-state index in [1.165, 1.54) is 43.7 Å². The molecule has 0 unspecified atom stereocenters. The first-order chi connectivity index (χ1) is 10.1. The van der Waals surface area contributed by atoms with Crippen LogP contribution in [0.25, 0.3) is 0 Å². The van der Waals surface area contributed by atoms with Gasteiger partial charge in [-0.2, -0.15) is 5.10 Å². The predicted molar refractivity (Wildman–Crippen MR) is 73.0 cm³/mol. The van der Waals surface area contributed by atoms with E-state index < -0.39 is 5.97 Å². The summed E-state index contributed by atoms with van der Waals surface area (Å²) in [5.41, 5.74) is 0.816. The highest BCUT2D eigenvalue weighted by Crippen LogP contribution is 2.17. The molecule has 8 heteroatoms. The van der Waals surface area contributed by atoms with Crippen LogP contribution in [-0.2, 0) is 16.1 Å². The maximum atomic E-state index is 12.1. The molecule has 110 valence electrons. The smallest absolute Gasteiger partial charge is 0.327 e. The number of carbonyl (C=O) groups is 2. The molecule has 0 spiro atoms. The number of nitrogens with one attached hydrogen (secondary N) is 1.